The monoisotopic (exact) mass is 422 g/mol. The van der Waals surface area contributed by atoms with Crippen LogP contribution in [0.15, 0.2) is 40.1 Å². The minimum absolute atomic E-state index is 0.0122. The van der Waals surface area contributed by atoms with Crippen LogP contribution < -0.4 is 15.5 Å². The van der Waals surface area contributed by atoms with E-state index in [0.717, 1.165) is 37.7 Å². The summed E-state index contributed by atoms with van der Waals surface area (Å²) in [7, 11) is 2.15. The molecule has 0 aliphatic carbocycles. The maximum Gasteiger partial charge on any atom is 0.267 e. The molecule has 0 saturated carbocycles. The number of hydrogen-bond donors (Lipinski definition) is 2. The maximum atomic E-state index is 12.4. The Hall–Kier alpha value is -2.94. The van der Waals surface area contributed by atoms with Crippen molar-refractivity contribution in [2.45, 2.75) is 26.1 Å². The molecule has 5 rings (SSSR count). The van der Waals surface area contributed by atoms with E-state index in [1.54, 1.807) is 0 Å². The molecule has 1 aromatic rings. The van der Waals surface area contributed by atoms with E-state index < -0.39 is 0 Å². The average Bonchev–Trinajstić information content (AvgIpc) is 3.15. The highest BCUT2D eigenvalue weighted by atomic mass is 16.2. The van der Waals surface area contributed by atoms with Gasteiger partial charge < -0.3 is 25.3 Å². The summed E-state index contributed by atoms with van der Waals surface area (Å²) in [5.74, 6) is 1.64. The normalized spacial score (nSPS) is 28.1. The molecule has 3 atom stereocenters. The number of amides is 1. The fourth-order valence-electron chi connectivity index (χ4n) is 4.67. The summed E-state index contributed by atoms with van der Waals surface area (Å²) in [6.45, 7) is 9.16. The van der Waals surface area contributed by atoms with Gasteiger partial charge in [0.2, 0.25) is 5.96 Å². The van der Waals surface area contributed by atoms with Gasteiger partial charge in [-0.1, -0.05) is 13.8 Å². The molecule has 9 heteroatoms. The minimum Gasteiger partial charge on any atom is -0.368 e. The van der Waals surface area contributed by atoms with Gasteiger partial charge >= 0.3 is 0 Å². The highest BCUT2D eigenvalue weighted by Crippen LogP contribution is 2.35. The van der Waals surface area contributed by atoms with Crippen LogP contribution in [0.25, 0.3) is 0 Å². The van der Waals surface area contributed by atoms with E-state index >= 15 is 0 Å². The van der Waals surface area contributed by atoms with Gasteiger partial charge in [-0.3, -0.25) is 4.79 Å². The predicted octanol–water partition coefficient (Wildman–Crippen LogP) is 0.982. The number of nitrogens with zero attached hydrogens (tertiary/aromatic N) is 6. The molecular formula is C22H30N8O. The van der Waals surface area contributed by atoms with Gasteiger partial charge in [0.05, 0.1) is 23.8 Å². The Morgan fingerprint density at radius 3 is 2.71 bits per heavy atom. The minimum atomic E-state index is -0.141. The lowest BCUT2D eigenvalue weighted by molar-refractivity contribution is -0.122. The summed E-state index contributed by atoms with van der Waals surface area (Å²) in [5, 5.41) is 6.25. The molecule has 4 aliphatic rings. The lowest BCUT2D eigenvalue weighted by atomic mass is 9.99. The Morgan fingerprint density at radius 1 is 1.19 bits per heavy atom. The molecule has 0 aromatic carbocycles. The number of carbonyl (C=O) groups excluding carboxylic acids is 1. The first kappa shape index (κ1) is 20.0. The summed E-state index contributed by atoms with van der Waals surface area (Å²) in [5.41, 5.74) is 1.85. The number of guanidine groups is 1. The van der Waals surface area contributed by atoms with Crippen molar-refractivity contribution in [3.05, 3.63) is 30.1 Å². The summed E-state index contributed by atoms with van der Waals surface area (Å²) >= 11 is 0. The van der Waals surface area contributed by atoms with Crippen molar-refractivity contribution in [2.75, 3.05) is 50.0 Å². The van der Waals surface area contributed by atoms with E-state index in [1.165, 1.54) is 0 Å². The number of rotatable bonds is 3. The van der Waals surface area contributed by atoms with Gasteiger partial charge in [0, 0.05) is 38.9 Å². The largest absolute Gasteiger partial charge is 0.368 e. The molecule has 5 heterocycles. The Bertz CT molecular complexity index is 929. The van der Waals surface area contributed by atoms with Crippen LogP contribution >= 0.6 is 0 Å². The Morgan fingerprint density at radius 2 is 2.00 bits per heavy atom. The van der Waals surface area contributed by atoms with Crippen LogP contribution in [0.3, 0.4) is 0 Å². The number of piperazine rings is 2. The smallest absolute Gasteiger partial charge is 0.267 e. The summed E-state index contributed by atoms with van der Waals surface area (Å²) < 4.78 is 0. The zero-order valence-corrected chi connectivity index (χ0v) is 18.3. The third-order valence-electron chi connectivity index (χ3n) is 6.57. The van der Waals surface area contributed by atoms with Gasteiger partial charge in [0.25, 0.3) is 5.91 Å². The summed E-state index contributed by atoms with van der Waals surface area (Å²) in [6.07, 6.45) is 5.64. The zero-order valence-electron chi connectivity index (χ0n) is 18.3. The molecule has 31 heavy (non-hydrogen) atoms. The van der Waals surface area contributed by atoms with Gasteiger partial charge in [-0.05, 0) is 31.2 Å². The van der Waals surface area contributed by atoms with Crippen LogP contribution in [0, 0.1) is 11.8 Å². The van der Waals surface area contributed by atoms with E-state index in [2.05, 4.69) is 62.3 Å². The van der Waals surface area contributed by atoms with Crippen LogP contribution in [0.4, 0.5) is 11.5 Å². The third-order valence-corrected chi connectivity index (χ3v) is 6.57. The quantitative estimate of drug-likeness (QED) is 0.755. The fraction of sp³-hybridized carbons (Fsp3) is 0.545. The highest BCUT2D eigenvalue weighted by molar-refractivity contribution is 6.01. The molecule has 9 nitrogen and oxygen atoms in total. The van der Waals surface area contributed by atoms with E-state index in [-0.39, 0.29) is 24.0 Å². The van der Waals surface area contributed by atoms with Crippen molar-refractivity contribution >= 4 is 29.6 Å². The van der Waals surface area contributed by atoms with Crippen molar-refractivity contribution in [2.24, 2.45) is 21.8 Å². The molecule has 3 unspecified atom stereocenters. The number of fused-ring (bicyclic) bond motifs is 3. The van der Waals surface area contributed by atoms with Crippen LogP contribution in [0.5, 0.6) is 0 Å². The molecule has 4 aliphatic heterocycles. The third kappa shape index (κ3) is 3.78. The first-order chi connectivity index (χ1) is 15.0. The molecule has 1 aromatic heterocycles. The van der Waals surface area contributed by atoms with Crippen molar-refractivity contribution in [1.82, 2.24) is 20.1 Å². The number of likely N-dealkylation sites (N-methyl/N-ethyl adjacent to an activating group) is 1. The van der Waals surface area contributed by atoms with Crippen LogP contribution in [0.1, 0.15) is 13.8 Å². The second-order valence-electron chi connectivity index (χ2n) is 9.02. The highest BCUT2D eigenvalue weighted by Gasteiger charge is 2.45. The van der Waals surface area contributed by atoms with Crippen LogP contribution in [-0.4, -0.2) is 84.8 Å². The van der Waals surface area contributed by atoms with Gasteiger partial charge in [0.1, 0.15) is 17.7 Å². The number of hydrogen-bond acceptors (Lipinski definition) is 8. The van der Waals surface area contributed by atoms with E-state index in [1.807, 2.05) is 24.6 Å². The number of pyridine rings is 1. The van der Waals surface area contributed by atoms with Gasteiger partial charge in [-0.15, -0.1) is 0 Å². The van der Waals surface area contributed by atoms with Gasteiger partial charge in [-0.2, -0.15) is 0 Å². The van der Waals surface area contributed by atoms with E-state index in [0.29, 0.717) is 24.1 Å². The number of aromatic nitrogens is 1. The first-order valence-electron chi connectivity index (χ1n) is 11.1. The Balaban J connectivity index is 1.30. The topological polar surface area (TPSA) is 88.5 Å². The molecule has 164 valence electrons. The van der Waals surface area contributed by atoms with Gasteiger partial charge in [0.15, 0.2) is 0 Å². The zero-order chi connectivity index (χ0) is 21.5. The average molecular weight is 423 g/mol. The first-order valence-corrected chi connectivity index (χ1v) is 11.1. The number of carbonyl (C=O) groups is 1. The van der Waals surface area contributed by atoms with Crippen LogP contribution in [-0.2, 0) is 4.79 Å². The van der Waals surface area contributed by atoms with E-state index in [4.69, 9.17) is 4.99 Å². The van der Waals surface area contributed by atoms with Crippen molar-refractivity contribution in [3.63, 3.8) is 0 Å². The number of nitrogens with one attached hydrogen (secondary N) is 2. The molecule has 1 amide bonds. The Labute approximate surface area is 182 Å². The molecule has 0 bridgehead atoms. The fourth-order valence-corrected chi connectivity index (χ4v) is 4.67. The SMILES string of the molecule is CC(C)C1CNC(=O)C2=CC3C=NC(Nc4ccc(N5CCN(C)CC5)cn4)=NC3N21. The van der Waals surface area contributed by atoms with Crippen molar-refractivity contribution in [3.8, 4) is 0 Å². The molecule has 2 saturated heterocycles. The lowest BCUT2D eigenvalue weighted by Crippen LogP contribution is -2.56. The molecule has 0 radical (unpaired) electrons. The summed E-state index contributed by atoms with van der Waals surface area (Å²) in [4.78, 5) is 33.2. The molecule has 2 fully saturated rings. The number of anilines is 2. The Kier molecular flexibility index (Phi) is 5.13. The summed E-state index contributed by atoms with van der Waals surface area (Å²) in [6, 6.07) is 4.29. The molecule has 2 N–H and O–H groups in total. The van der Waals surface area contributed by atoms with Crippen molar-refractivity contribution in [1.29, 1.82) is 0 Å². The molecular weight excluding hydrogens is 392 g/mol. The second-order valence-corrected chi connectivity index (χ2v) is 9.02. The van der Waals surface area contributed by atoms with Crippen molar-refractivity contribution < 1.29 is 4.79 Å². The van der Waals surface area contributed by atoms with Gasteiger partial charge in [-0.25, -0.2) is 15.0 Å². The number of aliphatic imine (C=N–C) groups is 2. The maximum absolute atomic E-state index is 12.4. The lowest BCUT2D eigenvalue weighted by Gasteiger charge is -2.42. The predicted molar refractivity (Wildman–Crippen MR) is 122 cm³/mol. The standard InChI is InChI=1S/C22H30N8O/c1-14(2)18-13-24-21(31)17-10-15-11-25-22(27-20(15)30(17)18)26-19-5-4-16(12-23-19)29-8-6-28(3)7-9-29/h4-5,10-12,14-15,18,20H,6-9,13H2,1-3H3,(H,24,31)(H,23,26,27). The second kappa shape index (κ2) is 7.96. The van der Waals surface area contributed by atoms with Crippen LogP contribution in [0.2, 0.25) is 0 Å². The molecule has 0 spiro atoms. The van der Waals surface area contributed by atoms with E-state index in [9.17, 15) is 4.79 Å².